The second kappa shape index (κ2) is 6.85. The van der Waals surface area contributed by atoms with Gasteiger partial charge >= 0.3 is 0 Å². The zero-order valence-corrected chi connectivity index (χ0v) is 15.3. The molecule has 1 amide bonds. The number of hydrogen-bond acceptors (Lipinski definition) is 4. The van der Waals surface area contributed by atoms with E-state index in [0.717, 1.165) is 27.5 Å². The van der Waals surface area contributed by atoms with Gasteiger partial charge in [-0.1, -0.05) is 19.9 Å². The number of thiophene rings is 1. The molecule has 1 N–H and O–H groups in total. The fourth-order valence-corrected chi connectivity index (χ4v) is 3.72. The summed E-state index contributed by atoms with van der Waals surface area (Å²) >= 11 is 1.54. The van der Waals surface area contributed by atoms with Gasteiger partial charge in [-0.3, -0.25) is 4.79 Å². The van der Waals surface area contributed by atoms with Crippen molar-refractivity contribution in [3.63, 3.8) is 0 Å². The lowest BCUT2D eigenvalue weighted by molar-refractivity contribution is 0.0929. The summed E-state index contributed by atoms with van der Waals surface area (Å²) in [6.45, 7) is 9.41. The van der Waals surface area contributed by atoms with Crippen LogP contribution in [0, 0.1) is 19.8 Å². The summed E-state index contributed by atoms with van der Waals surface area (Å²) in [7, 11) is 0. The first-order valence-electron chi connectivity index (χ1n) is 8.23. The minimum absolute atomic E-state index is 0.0233. The maximum Gasteiger partial charge on any atom is 0.261 e. The Bertz CT molecular complexity index is 732. The van der Waals surface area contributed by atoms with Gasteiger partial charge in [-0.05, 0) is 49.1 Å². The molecule has 0 aliphatic carbocycles. The molecule has 128 valence electrons. The molecule has 1 aromatic carbocycles. The molecule has 2 aromatic rings. The summed E-state index contributed by atoms with van der Waals surface area (Å²) in [5.74, 6) is 1.76. The normalized spacial score (nSPS) is 14.5. The van der Waals surface area contributed by atoms with Crippen molar-refractivity contribution in [1.82, 2.24) is 5.32 Å². The van der Waals surface area contributed by atoms with E-state index in [2.05, 4.69) is 19.2 Å². The highest BCUT2D eigenvalue weighted by atomic mass is 32.1. The second-order valence-electron chi connectivity index (χ2n) is 6.45. The van der Waals surface area contributed by atoms with Gasteiger partial charge in [0.25, 0.3) is 5.91 Å². The number of amides is 1. The summed E-state index contributed by atoms with van der Waals surface area (Å²) < 4.78 is 11.2. The molecule has 0 radical (unpaired) electrons. The van der Waals surface area contributed by atoms with Crippen LogP contribution < -0.4 is 14.8 Å². The number of hydrogen-bond donors (Lipinski definition) is 1. The monoisotopic (exact) mass is 345 g/mol. The Labute approximate surface area is 146 Å². The molecule has 5 heteroatoms. The van der Waals surface area contributed by atoms with Gasteiger partial charge in [-0.2, -0.15) is 0 Å². The van der Waals surface area contributed by atoms with Crippen LogP contribution in [0.15, 0.2) is 24.3 Å². The third-order valence-electron chi connectivity index (χ3n) is 4.27. The van der Waals surface area contributed by atoms with E-state index in [1.807, 2.05) is 38.1 Å². The Morgan fingerprint density at radius 2 is 1.83 bits per heavy atom. The number of aryl methyl sites for hydroxylation is 2. The number of rotatable bonds is 4. The average molecular weight is 345 g/mol. The highest BCUT2D eigenvalue weighted by Gasteiger charge is 2.22. The van der Waals surface area contributed by atoms with E-state index in [1.165, 1.54) is 16.2 Å². The van der Waals surface area contributed by atoms with Crippen LogP contribution in [-0.4, -0.2) is 19.1 Å². The molecule has 1 aliphatic heterocycles. The van der Waals surface area contributed by atoms with Gasteiger partial charge in [0.15, 0.2) is 11.5 Å². The van der Waals surface area contributed by atoms with Crippen molar-refractivity contribution in [2.45, 2.75) is 33.7 Å². The minimum Gasteiger partial charge on any atom is -0.486 e. The van der Waals surface area contributed by atoms with Gasteiger partial charge in [-0.25, -0.2) is 0 Å². The summed E-state index contributed by atoms with van der Waals surface area (Å²) in [5.41, 5.74) is 2.19. The summed E-state index contributed by atoms with van der Waals surface area (Å²) in [6.07, 6.45) is 0. The zero-order chi connectivity index (χ0) is 17.3. The van der Waals surface area contributed by atoms with Crippen molar-refractivity contribution >= 4 is 17.2 Å². The van der Waals surface area contributed by atoms with Gasteiger partial charge in [0, 0.05) is 4.88 Å². The van der Waals surface area contributed by atoms with Crippen LogP contribution in [-0.2, 0) is 0 Å². The van der Waals surface area contributed by atoms with Crippen LogP contribution in [0.2, 0.25) is 0 Å². The number of fused-ring (bicyclic) bond motifs is 1. The van der Waals surface area contributed by atoms with E-state index in [1.54, 1.807) is 0 Å². The third-order valence-corrected chi connectivity index (χ3v) is 5.42. The van der Waals surface area contributed by atoms with Crippen LogP contribution in [0.5, 0.6) is 11.5 Å². The third kappa shape index (κ3) is 3.41. The fourth-order valence-electron chi connectivity index (χ4n) is 2.79. The highest BCUT2D eigenvalue weighted by Crippen LogP contribution is 2.34. The Balaban J connectivity index is 1.83. The SMILES string of the molecule is Cc1cc(C(=O)N[C@H](c2ccc3c(c2)OCCO3)C(C)C)sc1C. The molecule has 1 aromatic heterocycles. The van der Waals surface area contributed by atoms with Crippen LogP contribution >= 0.6 is 11.3 Å². The Hall–Kier alpha value is -2.01. The zero-order valence-electron chi connectivity index (χ0n) is 14.5. The van der Waals surface area contributed by atoms with Crippen LogP contribution in [0.4, 0.5) is 0 Å². The highest BCUT2D eigenvalue weighted by molar-refractivity contribution is 7.14. The van der Waals surface area contributed by atoms with Crippen LogP contribution in [0.1, 0.15) is 45.6 Å². The molecule has 1 atom stereocenters. The summed E-state index contributed by atoms with van der Waals surface area (Å²) in [5, 5.41) is 3.17. The lowest BCUT2D eigenvalue weighted by Crippen LogP contribution is -2.31. The molecule has 4 nitrogen and oxygen atoms in total. The van der Waals surface area contributed by atoms with Crippen molar-refractivity contribution in [2.75, 3.05) is 13.2 Å². The van der Waals surface area contributed by atoms with E-state index < -0.39 is 0 Å². The molecule has 0 unspecified atom stereocenters. The lowest BCUT2D eigenvalue weighted by atomic mass is 9.95. The molecule has 1 aliphatic rings. The standard InChI is InChI=1S/C19H23NO3S/c1-11(2)18(20-19(21)17-9-12(3)13(4)24-17)14-5-6-15-16(10-14)23-8-7-22-15/h5-6,9-11,18H,7-8H2,1-4H3,(H,20,21)/t18-/m0/s1. The number of benzene rings is 1. The Morgan fingerprint density at radius 1 is 1.12 bits per heavy atom. The predicted molar refractivity (Wildman–Crippen MR) is 96.3 cm³/mol. The maximum absolute atomic E-state index is 12.6. The van der Waals surface area contributed by atoms with Gasteiger partial charge in [0.05, 0.1) is 10.9 Å². The Morgan fingerprint density at radius 3 is 2.46 bits per heavy atom. The smallest absolute Gasteiger partial charge is 0.261 e. The fraction of sp³-hybridized carbons (Fsp3) is 0.421. The summed E-state index contributed by atoms with van der Waals surface area (Å²) in [6, 6.07) is 7.78. The first-order valence-corrected chi connectivity index (χ1v) is 9.05. The number of nitrogens with one attached hydrogen (secondary N) is 1. The molecular weight excluding hydrogens is 322 g/mol. The first-order chi connectivity index (χ1) is 11.5. The quantitative estimate of drug-likeness (QED) is 0.900. The maximum atomic E-state index is 12.6. The van der Waals surface area contributed by atoms with E-state index in [-0.39, 0.29) is 17.9 Å². The molecule has 0 bridgehead atoms. The first kappa shape index (κ1) is 16.8. The van der Waals surface area contributed by atoms with Crippen molar-refractivity contribution in [2.24, 2.45) is 5.92 Å². The molecule has 2 heterocycles. The van der Waals surface area contributed by atoms with Gasteiger partial charge in [0.1, 0.15) is 13.2 Å². The Kier molecular flexibility index (Phi) is 4.81. The summed E-state index contributed by atoms with van der Waals surface area (Å²) in [4.78, 5) is 14.6. The largest absolute Gasteiger partial charge is 0.486 e. The van der Waals surface area contributed by atoms with Gasteiger partial charge in [0.2, 0.25) is 0 Å². The topological polar surface area (TPSA) is 47.6 Å². The van der Waals surface area contributed by atoms with Crippen molar-refractivity contribution in [3.05, 3.63) is 45.1 Å². The van der Waals surface area contributed by atoms with Crippen LogP contribution in [0.3, 0.4) is 0 Å². The van der Waals surface area contributed by atoms with Crippen LogP contribution in [0.25, 0.3) is 0 Å². The molecular formula is C19H23NO3S. The van der Waals surface area contributed by atoms with Gasteiger partial charge in [-0.15, -0.1) is 11.3 Å². The number of ether oxygens (including phenoxy) is 2. The van der Waals surface area contributed by atoms with E-state index in [4.69, 9.17) is 9.47 Å². The lowest BCUT2D eigenvalue weighted by Gasteiger charge is -2.25. The van der Waals surface area contributed by atoms with E-state index in [0.29, 0.717) is 13.2 Å². The molecule has 3 rings (SSSR count). The number of carbonyl (C=O) groups is 1. The number of carbonyl (C=O) groups excluding carboxylic acids is 1. The molecule has 0 spiro atoms. The molecule has 24 heavy (non-hydrogen) atoms. The van der Waals surface area contributed by atoms with E-state index in [9.17, 15) is 4.79 Å². The molecule has 0 saturated carbocycles. The minimum atomic E-state index is -0.0731. The van der Waals surface area contributed by atoms with Crippen molar-refractivity contribution < 1.29 is 14.3 Å². The second-order valence-corrected chi connectivity index (χ2v) is 7.70. The average Bonchev–Trinajstić information content (AvgIpc) is 2.91. The van der Waals surface area contributed by atoms with Crippen molar-refractivity contribution in [1.29, 1.82) is 0 Å². The van der Waals surface area contributed by atoms with Crippen molar-refractivity contribution in [3.8, 4) is 11.5 Å². The predicted octanol–water partition coefficient (Wildman–Crippen LogP) is 4.26. The van der Waals surface area contributed by atoms with E-state index >= 15 is 0 Å². The molecule has 0 fully saturated rings. The molecule has 0 saturated heterocycles. The van der Waals surface area contributed by atoms with Gasteiger partial charge < -0.3 is 14.8 Å².